The zero-order chi connectivity index (χ0) is 29.1. The zero-order valence-corrected chi connectivity index (χ0v) is 23.8. The maximum Gasteiger partial charge on any atom is 0.338 e. The number of hydrogen-bond acceptors (Lipinski definition) is 9. The predicted octanol–water partition coefficient (Wildman–Crippen LogP) is 4.24. The van der Waals surface area contributed by atoms with Crippen LogP contribution >= 0.6 is 11.3 Å². The second-order valence-corrected chi connectivity index (χ2v) is 10.1. The maximum absolute atomic E-state index is 13.8. The maximum atomic E-state index is 13.8. The van der Waals surface area contributed by atoms with E-state index in [4.69, 9.17) is 18.6 Å². The lowest BCUT2D eigenvalue weighted by molar-refractivity contribution is -0.139. The lowest BCUT2D eigenvalue weighted by Crippen LogP contribution is -2.40. The summed E-state index contributed by atoms with van der Waals surface area (Å²) in [5, 5.41) is 0. The molecule has 3 heterocycles. The van der Waals surface area contributed by atoms with Crippen LogP contribution in [0.2, 0.25) is 0 Å². The molecule has 9 nitrogen and oxygen atoms in total. The van der Waals surface area contributed by atoms with Crippen LogP contribution in [0, 0.1) is 0 Å². The van der Waals surface area contributed by atoms with Gasteiger partial charge < -0.3 is 18.6 Å². The summed E-state index contributed by atoms with van der Waals surface area (Å²) in [4.78, 5) is 43.9. The van der Waals surface area contributed by atoms with Crippen molar-refractivity contribution in [1.29, 1.82) is 0 Å². The number of para-hydroxylation sites is 1. The van der Waals surface area contributed by atoms with Gasteiger partial charge in [-0.1, -0.05) is 41.7 Å². The molecule has 1 atom stereocenters. The number of rotatable bonds is 8. The van der Waals surface area contributed by atoms with Gasteiger partial charge in [-0.25, -0.2) is 14.6 Å². The molecule has 0 radical (unpaired) electrons. The third-order valence-electron chi connectivity index (χ3n) is 6.53. The molecule has 1 aliphatic heterocycles. The number of hydrogen-bond donors (Lipinski definition) is 0. The van der Waals surface area contributed by atoms with Crippen molar-refractivity contribution < 1.29 is 28.2 Å². The van der Waals surface area contributed by atoms with Crippen molar-refractivity contribution in [2.75, 3.05) is 20.3 Å². The van der Waals surface area contributed by atoms with Gasteiger partial charge in [-0.05, 0) is 51.1 Å². The van der Waals surface area contributed by atoms with E-state index in [1.54, 1.807) is 76.4 Å². The largest absolute Gasteiger partial charge is 0.496 e. The first-order valence-electron chi connectivity index (χ1n) is 13.1. The molecule has 5 rings (SSSR count). The average Bonchev–Trinajstić information content (AvgIpc) is 3.56. The third kappa shape index (κ3) is 5.38. The van der Waals surface area contributed by atoms with Crippen molar-refractivity contribution in [3.05, 3.63) is 109 Å². The summed E-state index contributed by atoms with van der Waals surface area (Å²) < 4.78 is 23.9. The molecule has 0 saturated carbocycles. The molecule has 41 heavy (non-hydrogen) atoms. The molecule has 2 aromatic carbocycles. The summed E-state index contributed by atoms with van der Waals surface area (Å²) in [6.45, 7) is 5.71. The number of carbonyl (C=O) groups is 2. The number of benzene rings is 2. The van der Waals surface area contributed by atoms with Crippen molar-refractivity contribution >= 4 is 29.4 Å². The first kappa shape index (κ1) is 27.9. The summed E-state index contributed by atoms with van der Waals surface area (Å²) in [7, 11) is 1.54. The summed E-state index contributed by atoms with van der Waals surface area (Å²) in [6.07, 6.45) is 1.66. The number of nitrogens with zero attached hydrogens (tertiary/aromatic N) is 2. The van der Waals surface area contributed by atoms with E-state index in [-0.39, 0.29) is 23.7 Å². The predicted molar refractivity (Wildman–Crippen MR) is 153 cm³/mol. The SMILES string of the molecule is CCOC(=O)C1=C(C)N=c2s/c(=C/c3ccc(-c4ccc(C(=O)OCC)cc4)o3)c(=O)n2[C@@H]1c1ccccc1OC. The minimum Gasteiger partial charge on any atom is -0.496 e. The highest BCUT2D eigenvalue weighted by atomic mass is 32.1. The van der Waals surface area contributed by atoms with E-state index in [0.717, 1.165) is 5.56 Å². The Morgan fingerprint density at radius 1 is 1.00 bits per heavy atom. The Labute approximate surface area is 239 Å². The molecule has 10 heteroatoms. The summed E-state index contributed by atoms with van der Waals surface area (Å²) in [5.74, 6) is 0.654. The number of aromatic nitrogens is 1. The van der Waals surface area contributed by atoms with Gasteiger partial charge in [-0.2, -0.15) is 0 Å². The highest BCUT2D eigenvalue weighted by molar-refractivity contribution is 7.07. The second-order valence-electron chi connectivity index (χ2n) is 9.04. The monoisotopic (exact) mass is 572 g/mol. The van der Waals surface area contributed by atoms with Crippen molar-refractivity contribution in [3.8, 4) is 17.1 Å². The fourth-order valence-corrected chi connectivity index (χ4v) is 5.70. The third-order valence-corrected chi connectivity index (χ3v) is 7.51. The van der Waals surface area contributed by atoms with Crippen LogP contribution in [0.5, 0.6) is 5.75 Å². The zero-order valence-electron chi connectivity index (χ0n) is 23.0. The van der Waals surface area contributed by atoms with Crippen LogP contribution in [0.15, 0.2) is 86.1 Å². The Morgan fingerprint density at radius 2 is 1.71 bits per heavy atom. The molecule has 2 aromatic heterocycles. The van der Waals surface area contributed by atoms with Gasteiger partial charge in [0.15, 0.2) is 4.80 Å². The molecule has 1 aliphatic rings. The van der Waals surface area contributed by atoms with E-state index in [1.165, 1.54) is 15.9 Å². The molecular weight excluding hydrogens is 544 g/mol. The van der Waals surface area contributed by atoms with Crippen molar-refractivity contribution in [2.24, 2.45) is 4.99 Å². The molecule has 0 N–H and O–H groups in total. The van der Waals surface area contributed by atoms with Gasteiger partial charge in [0.1, 0.15) is 23.3 Å². The van der Waals surface area contributed by atoms with Crippen molar-refractivity contribution in [2.45, 2.75) is 26.8 Å². The van der Waals surface area contributed by atoms with Crippen LogP contribution in [0.3, 0.4) is 0 Å². The van der Waals surface area contributed by atoms with Gasteiger partial charge in [-0.15, -0.1) is 0 Å². The molecule has 210 valence electrons. The molecule has 0 saturated heterocycles. The van der Waals surface area contributed by atoms with E-state index >= 15 is 0 Å². The molecule has 0 spiro atoms. The Balaban J connectivity index is 1.57. The molecule has 0 unspecified atom stereocenters. The molecule has 0 fully saturated rings. The average molecular weight is 573 g/mol. The number of thiazole rings is 1. The molecule has 4 aromatic rings. The van der Waals surface area contributed by atoms with Crippen LogP contribution in [-0.4, -0.2) is 36.8 Å². The number of furan rings is 1. The summed E-state index contributed by atoms with van der Waals surface area (Å²) in [6, 6.07) is 16.9. The first-order chi connectivity index (χ1) is 19.9. The van der Waals surface area contributed by atoms with Crippen molar-refractivity contribution in [3.63, 3.8) is 0 Å². The molecule has 0 aliphatic carbocycles. The minimum atomic E-state index is -0.784. The fraction of sp³-hybridized carbons (Fsp3) is 0.226. The van der Waals surface area contributed by atoms with Crippen LogP contribution in [-0.2, 0) is 14.3 Å². The van der Waals surface area contributed by atoms with E-state index in [0.29, 0.717) is 50.0 Å². The van der Waals surface area contributed by atoms with E-state index in [9.17, 15) is 14.4 Å². The van der Waals surface area contributed by atoms with Gasteiger partial charge in [-0.3, -0.25) is 9.36 Å². The molecule has 0 amide bonds. The summed E-state index contributed by atoms with van der Waals surface area (Å²) >= 11 is 1.20. The number of ether oxygens (including phenoxy) is 3. The number of methoxy groups -OCH3 is 1. The van der Waals surface area contributed by atoms with Gasteiger partial charge in [0.2, 0.25) is 0 Å². The Bertz CT molecular complexity index is 1830. The number of fused-ring (bicyclic) bond motifs is 1. The molecule has 0 bridgehead atoms. The van der Waals surface area contributed by atoms with Gasteiger partial charge in [0.25, 0.3) is 5.56 Å². The van der Waals surface area contributed by atoms with E-state index < -0.39 is 12.0 Å². The van der Waals surface area contributed by atoms with Crippen LogP contribution < -0.4 is 19.6 Å². The minimum absolute atomic E-state index is 0.186. The highest BCUT2D eigenvalue weighted by Gasteiger charge is 2.35. The van der Waals surface area contributed by atoms with Crippen LogP contribution in [0.4, 0.5) is 0 Å². The van der Waals surface area contributed by atoms with Gasteiger partial charge in [0.05, 0.1) is 41.7 Å². The molecular formula is C31H28N2O7S. The summed E-state index contributed by atoms with van der Waals surface area (Å²) in [5.41, 5.74) is 2.29. The van der Waals surface area contributed by atoms with Crippen LogP contribution in [0.25, 0.3) is 17.4 Å². The Kier molecular flexibility index (Phi) is 8.02. The first-order valence-corrected chi connectivity index (χ1v) is 13.9. The topological polar surface area (TPSA) is 109 Å². The number of carbonyl (C=O) groups excluding carboxylic acids is 2. The number of allylic oxidation sites excluding steroid dienone is 1. The normalized spacial score (nSPS) is 14.8. The lowest BCUT2D eigenvalue weighted by atomic mass is 9.95. The Morgan fingerprint density at radius 3 is 2.41 bits per heavy atom. The smallest absolute Gasteiger partial charge is 0.338 e. The van der Waals surface area contributed by atoms with Crippen molar-refractivity contribution in [1.82, 2.24) is 4.57 Å². The van der Waals surface area contributed by atoms with Gasteiger partial charge >= 0.3 is 11.9 Å². The highest BCUT2D eigenvalue weighted by Crippen LogP contribution is 2.35. The van der Waals surface area contributed by atoms with Gasteiger partial charge in [0, 0.05) is 17.2 Å². The van der Waals surface area contributed by atoms with E-state index in [1.807, 2.05) is 18.2 Å². The standard InChI is InChI=1S/C31H28N2O7S/c1-5-38-29(35)20-13-11-19(12-14-20)23-16-15-21(40-23)17-25-28(34)33-27(22-9-7-8-10-24(22)37-4)26(30(36)39-6-2)18(3)32-31(33)41-25/h7-17,27H,5-6H2,1-4H3/b25-17+/t27-/m1/s1. The fourth-order valence-electron chi connectivity index (χ4n) is 4.68. The Hall–Kier alpha value is -4.70. The van der Waals surface area contributed by atoms with Crippen LogP contribution in [0.1, 0.15) is 48.5 Å². The number of esters is 2. The van der Waals surface area contributed by atoms with E-state index in [2.05, 4.69) is 4.99 Å². The second kappa shape index (κ2) is 11.8. The lowest BCUT2D eigenvalue weighted by Gasteiger charge is -2.25. The quantitative estimate of drug-likeness (QED) is 0.291.